The molecule has 2 aromatic rings. The lowest BCUT2D eigenvalue weighted by atomic mass is 9.99. The third-order valence-corrected chi connectivity index (χ3v) is 3.86. The average Bonchev–Trinajstić information content (AvgIpc) is 2.57. The maximum atomic E-state index is 12.9. The normalized spacial score (nSPS) is 11.6. The SMILES string of the molecule is CCn1c(O)c(C(=O)C(C)Oc2ccc(F)cc2)c(C)c(C#N)c1=O. The molecule has 2 rings (SSSR count). The molecule has 6 nitrogen and oxygen atoms in total. The van der Waals surface area contributed by atoms with Crippen molar-refractivity contribution in [3.63, 3.8) is 0 Å². The summed E-state index contributed by atoms with van der Waals surface area (Å²) in [6.45, 7) is 4.62. The molecule has 1 heterocycles. The number of pyridine rings is 1. The fraction of sp³-hybridized carbons (Fsp3) is 0.278. The van der Waals surface area contributed by atoms with Crippen molar-refractivity contribution in [2.45, 2.75) is 33.4 Å². The van der Waals surface area contributed by atoms with Gasteiger partial charge in [-0.05, 0) is 50.6 Å². The van der Waals surface area contributed by atoms with E-state index in [1.54, 1.807) is 13.0 Å². The number of Topliss-reactive ketones (excluding diaryl/α,β-unsaturated/α-hetero) is 1. The molecule has 25 heavy (non-hydrogen) atoms. The van der Waals surface area contributed by atoms with Gasteiger partial charge in [0.15, 0.2) is 6.10 Å². The molecule has 1 aromatic heterocycles. The first-order valence-corrected chi connectivity index (χ1v) is 7.64. The maximum Gasteiger partial charge on any atom is 0.271 e. The van der Waals surface area contributed by atoms with Gasteiger partial charge in [-0.1, -0.05) is 0 Å². The summed E-state index contributed by atoms with van der Waals surface area (Å²) in [7, 11) is 0. The van der Waals surface area contributed by atoms with Crippen LogP contribution >= 0.6 is 0 Å². The molecule has 130 valence electrons. The van der Waals surface area contributed by atoms with Gasteiger partial charge in [-0.2, -0.15) is 5.26 Å². The van der Waals surface area contributed by atoms with Crippen LogP contribution in [0.4, 0.5) is 4.39 Å². The Hall–Kier alpha value is -3.14. The number of ether oxygens (including phenoxy) is 1. The number of aromatic hydroxyl groups is 1. The van der Waals surface area contributed by atoms with Crippen molar-refractivity contribution >= 4 is 5.78 Å². The minimum absolute atomic E-state index is 0.104. The molecule has 0 spiro atoms. The molecule has 0 amide bonds. The minimum Gasteiger partial charge on any atom is -0.494 e. The molecule has 0 aliphatic heterocycles. The van der Waals surface area contributed by atoms with E-state index in [0.29, 0.717) is 0 Å². The van der Waals surface area contributed by atoms with Gasteiger partial charge in [0, 0.05) is 6.54 Å². The molecule has 0 radical (unpaired) electrons. The third-order valence-electron chi connectivity index (χ3n) is 3.86. The summed E-state index contributed by atoms with van der Waals surface area (Å²) < 4.78 is 19.4. The molecule has 0 aliphatic rings. The summed E-state index contributed by atoms with van der Waals surface area (Å²) in [5.41, 5.74) is -0.873. The second-order valence-corrected chi connectivity index (χ2v) is 5.44. The summed E-state index contributed by atoms with van der Waals surface area (Å²) in [6.07, 6.45) is -1.01. The highest BCUT2D eigenvalue weighted by Crippen LogP contribution is 2.24. The van der Waals surface area contributed by atoms with Crippen LogP contribution in [0.3, 0.4) is 0 Å². The Balaban J connectivity index is 2.46. The highest BCUT2D eigenvalue weighted by molar-refractivity contribution is 6.03. The van der Waals surface area contributed by atoms with E-state index in [1.165, 1.54) is 38.1 Å². The predicted molar refractivity (Wildman–Crippen MR) is 88.3 cm³/mol. The maximum absolute atomic E-state index is 12.9. The smallest absolute Gasteiger partial charge is 0.271 e. The van der Waals surface area contributed by atoms with Crippen molar-refractivity contribution in [2.75, 3.05) is 0 Å². The van der Waals surface area contributed by atoms with Crippen LogP contribution in [0.5, 0.6) is 11.6 Å². The minimum atomic E-state index is -1.01. The molecular weight excluding hydrogens is 327 g/mol. The average molecular weight is 344 g/mol. The molecule has 1 N–H and O–H groups in total. The monoisotopic (exact) mass is 344 g/mol. The van der Waals surface area contributed by atoms with Crippen LogP contribution in [0.1, 0.15) is 35.3 Å². The van der Waals surface area contributed by atoms with E-state index in [-0.39, 0.29) is 29.0 Å². The first-order chi connectivity index (χ1) is 11.8. The topological polar surface area (TPSA) is 92.3 Å². The van der Waals surface area contributed by atoms with Crippen molar-refractivity contribution in [2.24, 2.45) is 0 Å². The van der Waals surface area contributed by atoms with Gasteiger partial charge in [0.05, 0.1) is 5.56 Å². The molecular formula is C18H17FN2O4. The lowest BCUT2D eigenvalue weighted by molar-refractivity contribution is 0.0812. The molecule has 1 atom stereocenters. The van der Waals surface area contributed by atoms with Crippen LogP contribution in [0, 0.1) is 24.1 Å². The van der Waals surface area contributed by atoms with Crippen LogP contribution in [0.25, 0.3) is 0 Å². The van der Waals surface area contributed by atoms with Crippen LogP contribution in [0.15, 0.2) is 29.1 Å². The number of hydrogen-bond acceptors (Lipinski definition) is 5. The van der Waals surface area contributed by atoms with Gasteiger partial charge in [0.2, 0.25) is 11.7 Å². The Morgan fingerprint density at radius 1 is 1.40 bits per heavy atom. The van der Waals surface area contributed by atoms with E-state index < -0.39 is 29.1 Å². The van der Waals surface area contributed by atoms with Gasteiger partial charge in [0.25, 0.3) is 5.56 Å². The van der Waals surface area contributed by atoms with Crippen molar-refractivity contribution < 1.29 is 19.0 Å². The zero-order valence-electron chi connectivity index (χ0n) is 14.0. The number of halogens is 1. The van der Waals surface area contributed by atoms with Crippen molar-refractivity contribution in [1.29, 1.82) is 5.26 Å². The summed E-state index contributed by atoms with van der Waals surface area (Å²) in [5, 5.41) is 19.5. The van der Waals surface area contributed by atoms with E-state index in [9.17, 15) is 24.3 Å². The highest BCUT2D eigenvalue weighted by atomic mass is 19.1. The van der Waals surface area contributed by atoms with Gasteiger partial charge in [-0.3, -0.25) is 14.2 Å². The number of nitriles is 1. The van der Waals surface area contributed by atoms with Crippen LogP contribution in [0.2, 0.25) is 0 Å². The number of nitrogens with zero attached hydrogens (tertiary/aromatic N) is 2. The Morgan fingerprint density at radius 3 is 2.52 bits per heavy atom. The number of carbonyl (C=O) groups is 1. The zero-order valence-corrected chi connectivity index (χ0v) is 14.0. The summed E-state index contributed by atoms with van der Waals surface area (Å²) >= 11 is 0. The Labute approximate surface area is 143 Å². The molecule has 1 aromatic carbocycles. The van der Waals surface area contributed by atoms with Crippen molar-refractivity contribution in [3.05, 3.63) is 57.1 Å². The first-order valence-electron chi connectivity index (χ1n) is 7.64. The molecule has 0 saturated carbocycles. The number of hydrogen-bond donors (Lipinski definition) is 1. The zero-order chi connectivity index (χ0) is 18.7. The standard InChI is InChI=1S/C18H17FN2O4/c1-4-21-17(23)14(9-20)10(2)15(18(21)24)16(22)11(3)25-13-7-5-12(19)6-8-13/h5-8,11,24H,4H2,1-3H3. The Kier molecular flexibility index (Phi) is 5.22. The quantitative estimate of drug-likeness (QED) is 0.842. The van der Waals surface area contributed by atoms with Gasteiger partial charge in [-0.25, -0.2) is 4.39 Å². The Morgan fingerprint density at radius 2 is 2.00 bits per heavy atom. The molecule has 0 saturated heterocycles. The first kappa shape index (κ1) is 18.2. The fourth-order valence-corrected chi connectivity index (χ4v) is 2.51. The van der Waals surface area contributed by atoms with Gasteiger partial charge in [0.1, 0.15) is 23.2 Å². The van der Waals surface area contributed by atoms with Crippen molar-refractivity contribution in [1.82, 2.24) is 4.57 Å². The van der Waals surface area contributed by atoms with Gasteiger partial charge in [-0.15, -0.1) is 0 Å². The van der Waals surface area contributed by atoms with Crippen molar-refractivity contribution in [3.8, 4) is 17.7 Å². The summed E-state index contributed by atoms with van der Waals surface area (Å²) in [4.78, 5) is 24.9. The van der Waals surface area contributed by atoms with Crippen LogP contribution in [-0.4, -0.2) is 21.6 Å². The lowest BCUT2D eigenvalue weighted by Crippen LogP contribution is -2.30. The number of rotatable bonds is 5. The van der Waals surface area contributed by atoms with E-state index in [2.05, 4.69) is 0 Å². The lowest BCUT2D eigenvalue weighted by Gasteiger charge is -2.18. The summed E-state index contributed by atoms with van der Waals surface area (Å²) in [6, 6.07) is 6.91. The largest absolute Gasteiger partial charge is 0.494 e. The predicted octanol–water partition coefficient (Wildman–Crippen LogP) is 2.54. The fourth-order valence-electron chi connectivity index (χ4n) is 2.51. The number of benzene rings is 1. The molecule has 7 heteroatoms. The molecule has 0 aliphatic carbocycles. The Bertz CT molecular complexity index is 911. The van der Waals surface area contributed by atoms with E-state index in [0.717, 1.165) is 4.57 Å². The number of ketones is 1. The van der Waals surface area contributed by atoms with E-state index in [4.69, 9.17) is 4.74 Å². The second-order valence-electron chi connectivity index (χ2n) is 5.44. The van der Waals surface area contributed by atoms with E-state index in [1.807, 2.05) is 0 Å². The van der Waals surface area contributed by atoms with Gasteiger partial charge >= 0.3 is 0 Å². The number of carbonyl (C=O) groups excluding carboxylic acids is 1. The van der Waals surface area contributed by atoms with Gasteiger partial charge < -0.3 is 9.84 Å². The molecule has 0 fully saturated rings. The number of aromatic nitrogens is 1. The van der Waals surface area contributed by atoms with Crippen LogP contribution < -0.4 is 10.3 Å². The second kappa shape index (κ2) is 7.18. The van der Waals surface area contributed by atoms with Crippen LogP contribution in [-0.2, 0) is 6.54 Å². The molecule has 1 unspecified atom stereocenters. The third kappa shape index (κ3) is 3.38. The molecule has 0 bridgehead atoms. The highest BCUT2D eigenvalue weighted by Gasteiger charge is 2.27. The van der Waals surface area contributed by atoms with E-state index >= 15 is 0 Å². The summed E-state index contributed by atoms with van der Waals surface area (Å²) in [5.74, 6) is -1.24.